The number of hydrogen-bond acceptors (Lipinski definition) is 3. The molecular weight excluding hydrogens is 377 g/mol. The van der Waals surface area contributed by atoms with Crippen LogP contribution >= 0.6 is 38.9 Å². The SMILES string of the molecule is Cc1ncsc1Cn1c(CCCl)nc2cc(Br)c(F)cc21. The maximum atomic E-state index is 13.9. The summed E-state index contributed by atoms with van der Waals surface area (Å²) >= 11 is 10.7. The van der Waals surface area contributed by atoms with Crippen molar-refractivity contribution in [1.82, 2.24) is 14.5 Å². The van der Waals surface area contributed by atoms with Crippen molar-refractivity contribution in [3.63, 3.8) is 0 Å². The van der Waals surface area contributed by atoms with Gasteiger partial charge in [0.1, 0.15) is 11.6 Å². The maximum absolute atomic E-state index is 13.9. The number of thiazole rings is 1. The summed E-state index contributed by atoms with van der Waals surface area (Å²) in [5.74, 6) is 1.06. The van der Waals surface area contributed by atoms with Gasteiger partial charge in [0, 0.05) is 23.2 Å². The van der Waals surface area contributed by atoms with Crippen LogP contribution in [0.5, 0.6) is 0 Å². The van der Waals surface area contributed by atoms with E-state index in [1.54, 1.807) is 17.4 Å². The van der Waals surface area contributed by atoms with Gasteiger partial charge in [-0.2, -0.15) is 0 Å². The highest BCUT2D eigenvalue weighted by Gasteiger charge is 2.15. The van der Waals surface area contributed by atoms with Crippen LogP contribution in [0.3, 0.4) is 0 Å². The average molecular weight is 389 g/mol. The molecule has 3 rings (SSSR count). The van der Waals surface area contributed by atoms with Gasteiger partial charge in [-0.25, -0.2) is 14.4 Å². The van der Waals surface area contributed by atoms with Gasteiger partial charge in [-0.1, -0.05) is 0 Å². The molecule has 110 valence electrons. The van der Waals surface area contributed by atoms with Gasteiger partial charge in [0.25, 0.3) is 0 Å². The molecule has 2 aromatic heterocycles. The maximum Gasteiger partial charge on any atom is 0.139 e. The number of aromatic nitrogens is 3. The van der Waals surface area contributed by atoms with Crippen molar-refractivity contribution in [3.8, 4) is 0 Å². The second kappa shape index (κ2) is 6.02. The summed E-state index contributed by atoms with van der Waals surface area (Å²) in [4.78, 5) is 9.99. The third-order valence-corrected chi connectivity index (χ3v) is 5.05. The van der Waals surface area contributed by atoms with Crippen molar-refractivity contribution in [1.29, 1.82) is 0 Å². The fraction of sp³-hybridized carbons (Fsp3) is 0.286. The van der Waals surface area contributed by atoms with Crippen LogP contribution in [-0.4, -0.2) is 20.4 Å². The van der Waals surface area contributed by atoms with E-state index in [4.69, 9.17) is 11.6 Å². The highest BCUT2D eigenvalue weighted by Crippen LogP contribution is 2.26. The first-order valence-electron chi connectivity index (χ1n) is 6.39. The lowest BCUT2D eigenvalue weighted by molar-refractivity contribution is 0.621. The number of rotatable bonds is 4. The third-order valence-electron chi connectivity index (χ3n) is 3.33. The molecule has 0 atom stereocenters. The number of aryl methyl sites for hydroxylation is 2. The molecule has 0 aliphatic carbocycles. The van der Waals surface area contributed by atoms with Crippen molar-refractivity contribution < 1.29 is 4.39 Å². The average Bonchev–Trinajstić information content (AvgIpc) is 2.98. The van der Waals surface area contributed by atoms with Crippen molar-refractivity contribution >= 4 is 49.9 Å². The monoisotopic (exact) mass is 387 g/mol. The van der Waals surface area contributed by atoms with Crippen LogP contribution in [0.4, 0.5) is 4.39 Å². The van der Waals surface area contributed by atoms with Gasteiger partial charge >= 0.3 is 0 Å². The lowest BCUT2D eigenvalue weighted by Gasteiger charge is -2.08. The Morgan fingerprint density at radius 2 is 2.24 bits per heavy atom. The molecule has 1 aromatic carbocycles. The molecule has 0 bridgehead atoms. The fourth-order valence-corrected chi connectivity index (χ4v) is 3.51. The summed E-state index contributed by atoms with van der Waals surface area (Å²) in [6, 6.07) is 3.22. The molecule has 0 fully saturated rings. The van der Waals surface area contributed by atoms with Crippen molar-refractivity contribution in [2.24, 2.45) is 0 Å². The first-order valence-corrected chi connectivity index (χ1v) is 8.60. The molecule has 3 aromatic rings. The van der Waals surface area contributed by atoms with E-state index in [2.05, 4.69) is 25.9 Å². The van der Waals surface area contributed by atoms with Crippen molar-refractivity contribution in [2.75, 3.05) is 5.88 Å². The molecule has 0 saturated carbocycles. The number of benzene rings is 1. The van der Waals surface area contributed by atoms with E-state index >= 15 is 0 Å². The Kier molecular flexibility index (Phi) is 4.28. The first-order chi connectivity index (χ1) is 10.1. The number of fused-ring (bicyclic) bond motifs is 1. The largest absolute Gasteiger partial charge is 0.322 e. The zero-order chi connectivity index (χ0) is 15.0. The highest BCUT2D eigenvalue weighted by molar-refractivity contribution is 9.10. The van der Waals surface area contributed by atoms with E-state index in [0.29, 0.717) is 23.3 Å². The molecule has 0 amide bonds. The van der Waals surface area contributed by atoms with Crippen LogP contribution in [0.2, 0.25) is 0 Å². The minimum atomic E-state index is -0.290. The molecule has 2 heterocycles. The van der Waals surface area contributed by atoms with E-state index < -0.39 is 0 Å². The van der Waals surface area contributed by atoms with Gasteiger partial charge in [0.15, 0.2) is 0 Å². The summed E-state index contributed by atoms with van der Waals surface area (Å²) in [5, 5.41) is 0. The van der Waals surface area contributed by atoms with Gasteiger partial charge < -0.3 is 4.57 Å². The second-order valence-corrected chi connectivity index (χ2v) is 6.84. The predicted octanol–water partition coefficient (Wildman–Crippen LogP) is 4.53. The molecule has 0 aliphatic rings. The van der Waals surface area contributed by atoms with E-state index in [1.165, 1.54) is 6.07 Å². The number of imidazole rings is 1. The Bertz CT molecular complexity index is 799. The molecule has 21 heavy (non-hydrogen) atoms. The molecule has 0 saturated heterocycles. The Hall–Kier alpha value is -0.980. The molecule has 0 spiro atoms. The Balaban J connectivity index is 2.15. The highest BCUT2D eigenvalue weighted by atomic mass is 79.9. The number of alkyl halides is 1. The van der Waals surface area contributed by atoms with E-state index in [9.17, 15) is 4.39 Å². The number of nitrogens with zero attached hydrogens (tertiary/aromatic N) is 3. The summed E-state index contributed by atoms with van der Waals surface area (Å²) in [6.45, 7) is 2.61. The summed E-state index contributed by atoms with van der Waals surface area (Å²) in [5.41, 5.74) is 4.37. The molecule has 0 radical (unpaired) electrons. The molecule has 0 unspecified atom stereocenters. The molecule has 0 aliphatic heterocycles. The zero-order valence-corrected chi connectivity index (χ0v) is 14.4. The van der Waals surface area contributed by atoms with E-state index in [1.807, 2.05) is 17.0 Å². The van der Waals surface area contributed by atoms with Gasteiger partial charge in [-0.15, -0.1) is 22.9 Å². The Labute approximate surface area is 138 Å². The smallest absolute Gasteiger partial charge is 0.139 e. The Morgan fingerprint density at radius 3 is 2.90 bits per heavy atom. The lowest BCUT2D eigenvalue weighted by atomic mass is 10.3. The van der Waals surface area contributed by atoms with E-state index in [0.717, 1.165) is 27.4 Å². The molecule has 3 nitrogen and oxygen atoms in total. The number of hydrogen-bond donors (Lipinski definition) is 0. The lowest BCUT2D eigenvalue weighted by Crippen LogP contribution is -2.06. The van der Waals surface area contributed by atoms with Gasteiger partial charge in [0.2, 0.25) is 0 Å². The van der Waals surface area contributed by atoms with Crippen LogP contribution < -0.4 is 0 Å². The topological polar surface area (TPSA) is 30.7 Å². The molecule has 0 N–H and O–H groups in total. The first kappa shape index (κ1) is 14.9. The normalized spacial score (nSPS) is 11.4. The van der Waals surface area contributed by atoms with Gasteiger partial charge in [0.05, 0.1) is 33.3 Å². The van der Waals surface area contributed by atoms with Crippen LogP contribution in [0, 0.1) is 12.7 Å². The fourth-order valence-electron chi connectivity index (χ4n) is 2.24. The molecule has 7 heteroatoms. The minimum Gasteiger partial charge on any atom is -0.322 e. The zero-order valence-electron chi connectivity index (χ0n) is 11.2. The van der Waals surface area contributed by atoms with E-state index in [-0.39, 0.29) is 5.82 Å². The van der Waals surface area contributed by atoms with Crippen molar-refractivity contribution in [2.45, 2.75) is 19.9 Å². The van der Waals surface area contributed by atoms with Crippen LogP contribution in [-0.2, 0) is 13.0 Å². The predicted molar refractivity (Wildman–Crippen MR) is 87.8 cm³/mol. The van der Waals surface area contributed by atoms with Gasteiger partial charge in [-0.3, -0.25) is 0 Å². The summed E-state index contributed by atoms with van der Waals surface area (Å²) in [6.07, 6.45) is 0.646. The molecular formula is C14H12BrClFN3S. The van der Waals surface area contributed by atoms with Crippen LogP contribution in [0.15, 0.2) is 22.1 Å². The Morgan fingerprint density at radius 1 is 1.43 bits per heavy atom. The summed E-state index contributed by atoms with van der Waals surface area (Å²) < 4.78 is 16.3. The standard InChI is InChI=1S/C14H12BrClFN3S/c1-8-13(21-7-18-8)6-20-12-5-10(17)9(15)4-11(12)19-14(20)2-3-16/h4-5,7H,2-3,6H2,1H3. The van der Waals surface area contributed by atoms with Crippen molar-refractivity contribution in [3.05, 3.63) is 44.3 Å². The van der Waals surface area contributed by atoms with Crippen LogP contribution in [0.1, 0.15) is 16.4 Å². The summed E-state index contributed by atoms with van der Waals surface area (Å²) in [7, 11) is 0. The number of halogens is 3. The quantitative estimate of drug-likeness (QED) is 0.615. The third kappa shape index (κ3) is 2.84. The second-order valence-electron chi connectivity index (χ2n) is 4.67. The van der Waals surface area contributed by atoms with Gasteiger partial charge in [-0.05, 0) is 28.9 Å². The minimum absolute atomic E-state index is 0.290. The van der Waals surface area contributed by atoms with Crippen LogP contribution in [0.25, 0.3) is 11.0 Å².